The van der Waals surface area contributed by atoms with Crippen LogP contribution in [0.25, 0.3) is 0 Å². The van der Waals surface area contributed by atoms with Gasteiger partial charge in [-0.1, -0.05) is 49.6 Å². The molecule has 1 aromatic rings. The maximum atomic E-state index is 12.7. The summed E-state index contributed by atoms with van der Waals surface area (Å²) in [6.07, 6.45) is 6.93. The number of piperidine rings is 1. The Bertz CT molecular complexity index is 501. The molecule has 1 aliphatic heterocycles. The number of nitrogens with zero attached hydrogens (tertiary/aromatic N) is 1. The SMILES string of the molecule is O=C(NC(CC1CCC1)c1ccccc1)N1CCCC(CO)C1. The molecule has 0 spiro atoms. The summed E-state index contributed by atoms with van der Waals surface area (Å²) in [6, 6.07) is 10.4. The minimum atomic E-state index is 0.0244. The molecule has 1 heterocycles. The number of carbonyl (C=O) groups excluding carboxylic acids is 1. The minimum Gasteiger partial charge on any atom is -0.396 e. The number of aliphatic hydroxyl groups is 1. The molecule has 2 atom stereocenters. The molecule has 2 fully saturated rings. The van der Waals surface area contributed by atoms with Gasteiger partial charge < -0.3 is 15.3 Å². The second-order valence-electron chi connectivity index (χ2n) is 7.08. The first-order chi connectivity index (χ1) is 11.3. The Hall–Kier alpha value is -1.55. The van der Waals surface area contributed by atoms with E-state index < -0.39 is 0 Å². The van der Waals surface area contributed by atoms with E-state index in [-0.39, 0.29) is 24.6 Å². The summed E-state index contributed by atoms with van der Waals surface area (Å²) in [7, 11) is 0. The first-order valence-corrected chi connectivity index (χ1v) is 8.97. The van der Waals surface area contributed by atoms with Crippen molar-refractivity contribution >= 4 is 6.03 Å². The van der Waals surface area contributed by atoms with Gasteiger partial charge in [-0.05, 0) is 36.7 Å². The fraction of sp³-hybridized carbons (Fsp3) is 0.632. The zero-order valence-electron chi connectivity index (χ0n) is 13.8. The molecule has 4 heteroatoms. The second kappa shape index (κ2) is 7.82. The van der Waals surface area contributed by atoms with Gasteiger partial charge in [-0.25, -0.2) is 4.79 Å². The van der Waals surface area contributed by atoms with Gasteiger partial charge in [-0.3, -0.25) is 0 Å². The van der Waals surface area contributed by atoms with Gasteiger partial charge in [0.1, 0.15) is 0 Å². The predicted octanol–water partition coefficient (Wildman–Crippen LogP) is 3.33. The minimum absolute atomic E-state index is 0.0244. The molecule has 4 nitrogen and oxygen atoms in total. The van der Waals surface area contributed by atoms with Crippen molar-refractivity contribution in [1.29, 1.82) is 0 Å². The lowest BCUT2D eigenvalue weighted by molar-refractivity contribution is 0.126. The van der Waals surface area contributed by atoms with E-state index >= 15 is 0 Å². The van der Waals surface area contributed by atoms with Crippen LogP contribution in [0.3, 0.4) is 0 Å². The number of aliphatic hydroxyl groups excluding tert-OH is 1. The third-order valence-corrected chi connectivity index (χ3v) is 5.36. The highest BCUT2D eigenvalue weighted by Gasteiger charge is 2.28. The van der Waals surface area contributed by atoms with Crippen LogP contribution < -0.4 is 5.32 Å². The van der Waals surface area contributed by atoms with Crippen LogP contribution in [0, 0.1) is 11.8 Å². The van der Waals surface area contributed by atoms with E-state index in [9.17, 15) is 9.90 Å². The number of amides is 2. The quantitative estimate of drug-likeness (QED) is 0.875. The largest absolute Gasteiger partial charge is 0.396 e. The summed E-state index contributed by atoms with van der Waals surface area (Å²) in [5.74, 6) is 0.975. The Kier molecular flexibility index (Phi) is 5.55. The molecule has 2 aliphatic rings. The lowest BCUT2D eigenvalue weighted by Gasteiger charge is -2.35. The van der Waals surface area contributed by atoms with Crippen LogP contribution in [0.15, 0.2) is 30.3 Å². The van der Waals surface area contributed by atoms with Crippen LogP contribution in [-0.4, -0.2) is 35.7 Å². The Balaban J connectivity index is 1.63. The zero-order valence-corrected chi connectivity index (χ0v) is 13.8. The Morgan fingerprint density at radius 3 is 2.57 bits per heavy atom. The second-order valence-corrected chi connectivity index (χ2v) is 7.08. The Labute approximate surface area is 138 Å². The average Bonchev–Trinajstić information content (AvgIpc) is 2.57. The van der Waals surface area contributed by atoms with Crippen LogP contribution in [0.4, 0.5) is 4.79 Å². The molecule has 126 valence electrons. The van der Waals surface area contributed by atoms with Gasteiger partial charge in [0.25, 0.3) is 0 Å². The van der Waals surface area contributed by atoms with E-state index in [1.807, 2.05) is 23.1 Å². The van der Waals surface area contributed by atoms with Gasteiger partial charge in [-0.15, -0.1) is 0 Å². The van der Waals surface area contributed by atoms with Crippen molar-refractivity contribution in [2.75, 3.05) is 19.7 Å². The zero-order chi connectivity index (χ0) is 16.1. The molecule has 0 bridgehead atoms. The molecule has 0 aromatic heterocycles. The standard InChI is InChI=1S/C19H28N2O2/c22-14-16-8-5-11-21(13-16)19(23)20-18(12-15-6-4-7-15)17-9-2-1-3-10-17/h1-3,9-10,15-16,18,22H,4-8,11-14H2,(H,20,23). The van der Waals surface area contributed by atoms with Crippen molar-refractivity contribution in [1.82, 2.24) is 10.2 Å². The number of hydrogen-bond donors (Lipinski definition) is 2. The summed E-state index contributed by atoms with van der Waals surface area (Å²) in [6.45, 7) is 1.65. The smallest absolute Gasteiger partial charge is 0.317 e. The van der Waals surface area contributed by atoms with Crippen molar-refractivity contribution in [3.05, 3.63) is 35.9 Å². The van der Waals surface area contributed by atoms with Crippen LogP contribution in [-0.2, 0) is 0 Å². The number of likely N-dealkylation sites (tertiary alicyclic amines) is 1. The molecule has 2 amide bonds. The van der Waals surface area contributed by atoms with Crippen molar-refractivity contribution in [2.45, 2.75) is 44.6 Å². The highest BCUT2D eigenvalue weighted by Crippen LogP contribution is 2.34. The van der Waals surface area contributed by atoms with Gasteiger partial charge in [-0.2, -0.15) is 0 Å². The van der Waals surface area contributed by atoms with Crippen LogP contribution in [0.2, 0.25) is 0 Å². The topological polar surface area (TPSA) is 52.6 Å². The predicted molar refractivity (Wildman–Crippen MR) is 91.1 cm³/mol. The summed E-state index contributed by atoms with van der Waals surface area (Å²) in [5, 5.41) is 12.6. The molecule has 0 radical (unpaired) electrons. The number of rotatable bonds is 5. The lowest BCUT2D eigenvalue weighted by Crippen LogP contribution is -2.47. The van der Waals surface area contributed by atoms with Crippen molar-refractivity contribution in [3.63, 3.8) is 0 Å². The van der Waals surface area contributed by atoms with Crippen LogP contribution >= 0.6 is 0 Å². The van der Waals surface area contributed by atoms with Gasteiger partial charge in [0, 0.05) is 19.7 Å². The van der Waals surface area contributed by atoms with Crippen molar-refractivity contribution in [2.24, 2.45) is 11.8 Å². The van der Waals surface area contributed by atoms with Gasteiger partial charge >= 0.3 is 6.03 Å². The molecule has 1 saturated heterocycles. The maximum Gasteiger partial charge on any atom is 0.317 e. The summed E-state index contributed by atoms with van der Waals surface area (Å²) in [5.41, 5.74) is 1.20. The number of benzene rings is 1. The van der Waals surface area contributed by atoms with Crippen molar-refractivity contribution < 1.29 is 9.90 Å². The lowest BCUT2D eigenvalue weighted by atomic mass is 9.79. The molecule has 2 N–H and O–H groups in total. The molecule has 1 aromatic carbocycles. The summed E-state index contributed by atoms with van der Waals surface area (Å²) >= 11 is 0. The first kappa shape index (κ1) is 16.3. The number of carbonyl (C=O) groups is 1. The monoisotopic (exact) mass is 316 g/mol. The van der Waals surface area contributed by atoms with E-state index in [4.69, 9.17) is 0 Å². The first-order valence-electron chi connectivity index (χ1n) is 8.97. The molecule has 1 aliphatic carbocycles. The van der Waals surface area contributed by atoms with Gasteiger partial charge in [0.2, 0.25) is 0 Å². The molecular weight excluding hydrogens is 288 g/mol. The highest BCUT2D eigenvalue weighted by atomic mass is 16.3. The van der Waals surface area contributed by atoms with E-state index in [0.29, 0.717) is 6.54 Å². The number of hydrogen-bond acceptors (Lipinski definition) is 2. The van der Waals surface area contributed by atoms with Crippen molar-refractivity contribution in [3.8, 4) is 0 Å². The molecule has 23 heavy (non-hydrogen) atoms. The maximum absolute atomic E-state index is 12.7. The summed E-state index contributed by atoms with van der Waals surface area (Å²) in [4.78, 5) is 14.5. The van der Waals surface area contributed by atoms with Crippen LogP contribution in [0.5, 0.6) is 0 Å². The fourth-order valence-corrected chi connectivity index (χ4v) is 3.66. The number of nitrogens with one attached hydrogen (secondary N) is 1. The Morgan fingerprint density at radius 1 is 1.17 bits per heavy atom. The average molecular weight is 316 g/mol. The molecular formula is C19H28N2O2. The van der Waals surface area contributed by atoms with E-state index in [1.165, 1.54) is 24.8 Å². The highest BCUT2D eigenvalue weighted by molar-refractivity contribution is 5.74. The van der Waals surface area contributed by atoms with Crippen LogP contribution in [0.1, 0.15) is 50.1 Å². The van der Waals surface area contributed by atoms with E-state index in [0.717, 1.165) is 31.7 Å². The summed E-state index contributed by atoms with van der Waals surface area (Å²) < 4.78 is 0. The third-order valence-electron chi connectivity index (χ3n) is 5.36. The van der Waals surface area contributed by atoms with E-state index in [2.05, 4.69) is 17.4 Å². The molecule has 1 saturated carbocycles. The molecule has 3 rings (SSSR count). The molecule has 2 unspecified atom stereocenters. The fourth-order valence-electron chi connectivity index (χ4n) is 3.66. The number of urea groups is 1. The third kappa shape index (κ3) is 4.25. The van der Waals surface area contributed by atoms with Gasteiger partial charge in [0.05, 0.1) is 6.04 Å². The normalized spacial score (nSPS) is 23.2. The Morgan fingerprint density at radius 2 is 1.91 bits per heavy atom. The van der Waals surface area contributed by atoms with Gasteiger partial charge in [0.15, 0.2) is 0 Å². The van der Waals surface area contributed by atoms with E-state index in [1.54, 1.807) is 0 Å².